The maximum atomic E-state index is 10.9. The minimum Gasteiger partial charge on any atom is -0.491 e. The molecule has 0 bridgehead atoms. The third-order valence-electron chi connectivity index (χ3n) is 3.77. The van der Waals surface area contributed by atoms with Gasteiger partial charge < -0.3 is 20.3 Å². The van der Waals surface area contributed by atoms with E-state index in [4.69, 9.17) is 4.74 Å². The SMILES string of the molecule is CC(=O)Nc1ccc(OCC(O)CN2CCC[C@H]2CO)cc1. The molecule has 6 heteroatoms. The Bertz CT molecular complexity index is 478. The van der Waals surface area contributed by atoms with Gasteiger partial charge in [0.05, 0.1) is 6.61 Å². The molecular formula is C16H24N2O4. The summed E-state index contributed by atoms with van der Waals surface area (Å²) in [6.07, 6.45) is 1.44. The molecule has 1 aromatic carbocycles. The molecule has 1 heterocycles. The molecule has 1 aromatic rings. The molecule has 22 heavy (non-hydrogen) atoms. The number of aliphatic hydroxyl groups is 2. The van der Waals surface area contributed by atoms with Crippen molar-refractivity contribution in [2.45, 2.75) is 31.9 Å². The fourth-order valence-corrected chi connectivity index (χ4v) is 2.70. The van der Waals surface area contributed by atoms with E-state index in [0.717, 1.165) is 19.4 Å². The molecule has 122 valence electrons. The van der Waals surface area contributed by atoms with Crippen LogP contribution in [0.3, 0.4) is 0 Å². The van der Waals surface area contributed by atoms with E-state index in [2.05, 4.69) is 10.2 Å². The summed E-state index contributed by atoms with van der Waals surface area (Å²) in [7, 11) is 0. The number of β-amino-alcohol motifs (C(OH)–C–C–N with tert-alkyl or cyclic N) is 1. The van der Waals surface area contributed by atoms with Gasteiger partial charge in [-0.05, 0) is 43.7 Å². The van der Waals surface area contributed by atoms with Crippen LogP contribution in [-0.2, 0) is 4.79 Å². The minimum absolute atomic E-state index is 0.117. The van der Waals surface area contributed by atoms with Crippen LogP contribution in [0.25, 0.3) is 0 Å². The number of amides is 1. The summed E-state index contributed by atoms with van der Waals surface area (Å²) in [5, 5.41) is 22.0. The first-order valence-electron chi connectivity index (χ1n) is 7.62. The average Bonchev–Trinajstić information content (AvgIpc) is 2.93. The smallest absolute Gasteiger partial charge is 0.221 e. The number of ether oxygens (including phenoxy) is 1. The van der Waals surface area contributed by atoms with E-state index in [1.165, 1.54) is 6.92 Å². The summed E-state index contributed by atoms with van der Waals surface area (Å²) >= 11 is 0. The van der Waals surface area contributed by atoms with Crippen molar-refractivity contribution in [3.05, 3.63) is 24.3 Å². The van der Waals surface area contributed by atoms with E-state index in [9.17, 15) is 15.0 Å². The second kappa shape index (κ2) is 8.12. The van der Waals surface area contributed by atoms with Crippen LogP contribution >= 0.6 is 0 Å². The third kappa shape index (κ3) is 4.98. The second-order valence-corrected chi connectivity index (χ2v) is 5.64. The normalized spacial score (nSPS) is 19.9. The van der Waals surface area contributed by atoms with Gasteiger partial charge in [0.1, 0.15) is 18.5 Å². The van der Waals surface area contributed by atoms with Crippen LogP contribution in [0.4, 0.5) is 5.69 Å². The van der Waals surface area contributed by atoms with Crippen molar-refractivity contribution in [3.63, 3.8) is 0 Å². The van der Waals surface area contributed by atoms with Gasteiger partial charge in [-0.25, -0.2) is 0 Å². The molecule has 2 atom stereocenters. The summed E-state index contributed by atoms with van der Waals surface area (Å²) in [4.78, 5) is 13.0. The molecule has 3 N–H and O–H groups in total. The lowest BCUT2D eigenvalue weighted by atomic mass is 10.2. The van der Waals surface area contributed by atoms with Crippen LogP contribution < -0.4 is 10.1 Å². The van der Waals surface area contributed by atoms with Crippen molar-refractivity contribution in [1.82, 2.24) is 4.90 Å². The van der Waals surface area contributed by atoms with Gasteiger partial charge >= 0.3 is 0 Å². The first-order chi connectivity index (χ1) is 10.6. The van der Waals surface area contributed by atoms with E-state index < -0.39 is 6.10 Å². The molecule has 0 aromatic heterocycles. The highest BCUT2D eigenvalue weighted by Gasteiger charge is 2.25. The predicted molar refractivity (Wildman–Crippen MR) is 83.9 cm³/mol. The van der Waals surface area contributed by atoms with Crippen molar-refractivity contribution in [2.24, 2.45) is 0 Å². The topological polar surface area (TPSA) is 82.0 Å². The van der Waals surface area contributed by atoms with Crippen molar-refractivity contribution >= 4 is 11.6 Å². The number of hydrogen-bond acceptors (Lipinski definition) is 5. The van der Waals surface area contributed by atoms with Gasteiger partial charge in [0.15, 0.2) is 0 Å². The Morgan fingerprint density at radius 3 is 2.82 bits per heavy atom. The van der Waals surface area contributed by atoms with E-state index in [0.29, 0.717) is 18.0 Å². The van der Waals surface area contributed by atoms with Crippen LogP contribution in [-0.4, -0.2) is 59.5 Å². The maximum absolute atomic E-state index is 10.9. The van der Waals surface area contributed by atoms with Crippen molar-refractivity contribution in [3.8, 4) is 5.75 Å². The van der Waals surface area contributed by atoms with Gasteiger partial charge in [-0.1, -0.05) is 0 Å². The predicted octanol–water partition coefficient (Wildman–Crippen LogP) is 0.841. The van der Waals surface area contributed by atoms with Gasteiger partial charge in [-0.15, -0.1) is 0 Å². The molecule has 0 spiro atoms. The highest BCUT2D eigenvalue weighted by Crippen LogP contribution is 2.18. The first kappa shape index (κ1) is 16.7. The quantitative estimate of drug-likeness (QED) is 0.695. The highest BCUT2D eigenvalue weighted by molar-refractivity contribution is 5.88. The summed E-state index contributed by atoms with van der Waals surface area (Å²) in [6.45, 7) is 3.22. The van der Waals surface area contributed by atoms with E-state index in [-0.39, 0.29) is 25.2 Å². The molecule has 1 unspecified atom stereocenters. The summed E-state index contributed by atoms with van der Waals surface area (Å²) in [5.41, 5.74) is 0.711. The van der Waals surface area contributed by atoms with Gasteiger partial charge in [0, 0.05) is 25.2 Å². The van der Waals surface area contributed by atoms with Gasteiger partial charge in [-0.3, -0.25) is 9.69 Å². The number of rotatable bonds is 7. The summed E-state index contributed by atoms with van der Waals surface area (Å²) < 4.78 is 5.56. The number of likely N-dealkylation sites (tertiary alicyclic amines) is 1. The van der Waals surface area contributed by atoms with Crippen molar-refractivity contribution < 1.29 is 19.7 Å². The van der Waals surface area contributed by atoms with Crippen LogP contribution in [0.5, 0.6) is 5.75 Å². The molecule has 2 rings (SSSR count). The van der Waals surface area contributed by atoms with Crippen LogP contribution in [0.1, 0.15) is 19.8 Å². The molecule has 0 aliphatic carbocycles. The van der Waals surface area contributed by atoms with E-state index >= 15 is 0 Å². The zero-order valence-corrected chi connectivity index (χ0v) is 12.9. The number of anilines is 1. The van der Waals surface area contributed by atoms with E-state index in [1.807, 2.05) is 0 Å². The molecule has 1 fully saturated rings. The fourth-order valence-electron chi connectivity index (χ4n) is 2.70. The number of nitrogens with one attached hydrogen (secondary N) is 1. The average molecular weight is 308 g/mol. The van der Waals surface area contributed by atoms with Gasteiger partial charge in [0.2, 0.25) is 5.91 Å². The number of carbonyl (C=O) groups excluding carboxylic acids is 1. The lowest BCUT2D eigenvalue weighted by molar-refractivity contribution is -0.114. The fraction of sp³-hybridized carbons (Fsp3) is 0.562. The van der Waals surface area contributed by atoms with Crippen LogP contribution in [0.15, 0.2) is 24.3 Å². The maximum Gasteiger partial charge on any atom is 0.221 e. The molecule has 0 saturated carbocycles. The van der Waals surface area contributed by atoms with Crippen molar-refractivity contribution in [2.75, 3.05) is 31.6 Å². The standard InChI is InChI=1S/C16H24N2O4/c1-12(20)17-13-4-6-16(7-5-13)22-11-15(21)9-18-8-2-3-14(18)10-19/h4-7,14-15,19,21H,2-3,8-11H2,1H3,(H,17,20)/t14-,15?/m0/s1. The number of hydrogen-bond donors (Lipinski definition) is 3. The Kier molecular flexibility index (Phi) is 6.18. The van der Waals surface area contributed by atoms with Gasteiger partial charge in [0.25, 0.3) is 0 Å². The number of benzene rings is 1. The molecule has 1 aliphatic heterocycles. The highest BCUT2D eigenvalue weighted by atomic mass is 16.5. The lowest BCUT2D eigenvalue weighted by Gasteiger charge is -2.25. The Hall–Kier alpha value is -1.63. The van der Waals surface area contributed by atoms with Crippen LogP contribution in [0.2, 0.25) is 0 Å². The Balaban J connectivity index is 1.76. The molecule has 1 saturated heterocycles. The molecule has 0 radical (unpaired) electrons. The zero-order valence-electron chi connectivity index (χ0n) is 12.9. The molecule has 6 nitrogen and oxygen atoms in total. The minimum atomic E-state index is -0.595. The zero-order chi connectivity index (χ0) is 15.9. The third-order valence-corrected chi connectivity index (χ3v) is 3.77. The Morgan fingerprint density at radius 2 is 2.18 bits per heavy atom. The lowest BCUT2D eigenvalue weighted by Crippen LogP contribution is -2.40. The molecule has 1 aliphatic rings. The number of aliphatic hydroxyl groups excluding tert-OH is 2. The second-order valence-electron chi connectivity index (χ2n) is 5.64. The van der Waals surface area contributed by atoms with Crippen LogP contribution in [0, 0.1) is 0 Å². The Morgan fingerprint density at radius 1 is 1.45 bits per heavy atom. The monoisotopic (exact) mass is 308 g/mol. The van der Waals surface area contributed by atoms with E-state index in [1.54, 1.807) is 24.3 Å². The summed E-state index contributed by atoms with van der Waals surface area (Å²) in [6, 6.07) is 7.18. The molecule has 1 amide bonds. The molecular weight excluding hydrogens is 284 g/mol. The number of carbonyl (C=O) groups is 1. The first-order valence-corrected chi connectivity index (χ1v) is 7.62. The largest absolute Gasteiger partial charge is 0.491 e. The van der Waals surface area contributed by atoms with Crippen molar-refractivity contribution in [1.29, 1.82) is 0 Å². The van der Waals surface area contributed by atoms with Gasteiger partial charge in [-0.2, -0.15) is 0 Å². The Labute approximate surface area is 130 Å². The number of nitrogens with zero attached hydrogens (tertiary/aromatic N) is 1. The summed E-state index contributed by atoms with van der Waals surface area (Å²) in [5.74, 6) is 0.529.